The Morgan fingerprint density at radius 1 is 1.10 bits per heavy atom. The number of benzene rings is 1. The van der Waals surface area contributed by atoms with Gasteiger partial charge in [0.2, 0.25) is 0 Å². The molecule has 1 atom stereocenters. The van der Waals surface area contributed by atoms with Crippen LogP contribution in [-0.4, -0.2) is 16.2 Å². The van der Waals surface area contributed by atoms with Crippen molar-refractivity contribution in [2.45, 2.75) is 46.1 Å². The number of pyridine rings is 1. The molecule has 0 saturated carbocycles. The van der Waals surface area contributed by atoms with Crippen molar-refractivity contribution in [3.8, 4) is 0 Å². The van der Waals surface area contributed by atoms with Crippen LogP contribution in [0.4, 0.5) is 0 Å². The zero-order valence-electron chi connectivity index (χ0n) is 12.6. The first-order chi connectivity index (χ1) is 9.56. The summed E-state index contributed by atoms with van der Waals surface area (Å²) in [7, 11) is 0. The lowest BCUT2D eigenvalue weighted by Gasteiger charge is -2.15. The highest BCUT2D eigenvalue weighted by molar-refractivity contribution is 5.37. The molecule has 0 amide bonds. The van der Waals surface area contributed by atoms with E-state index >= 15 is 0 Å². The molecule has 0 spiro atoms. The van der Waals surface area contributed by atoms with E-state index in [1.165, 1.54) is 22.3 Å². The van der Waals surface area contributed by atoms with Crippen LogP contribution in [0.2, 0.25) is 0 Å². The maximum absolute atomic E-state index is 10.3. The van der Waals surface area contributed by atoms with Gasteiger partial charge < -0.3 is 5.11 Å². The Balaban J connectivity index is 1.96. The molecule has 0 bridgehead atoms. The van der Waals surface area contributed by atoms with Gasteiger partial charge in [-0.15, -0.1) is 0 Å². The summed E-state index contributed by atoms with van der Waals surface area (Å²) >= 11 is 0. The van der Waals surface area contributed by atoms with Crippen molar-refractivity contribution in [1.82, 2.24) is 4.98 Å². The summed E-state index contributed by atoms with van der Waals surface area (Å²) in [6.45, 7) is 6.36. The van der Waals surface area contributed by atoms with Gasteiger partial charge in [-0.1, -0.05) is 23.8 Å². The van der Waals surface area contributed by atoms with Crippen molar-refractivity contribution in [2.75, 3.05) is 0 Å². The fourth-order valence-electron chi connectivity index (χ4n) is 2.73. The standard InChI is InChI=1S/C18H23NO/c1-13-10-14(2)18(15(3)11-13)12-17(20)8-7-16-6-4-5-9-19-16/h4-6,9-11,17,20H,7-8,12H2,1-3H3. The topological polar surface area (TPSA) is 33.1 Å². The molecule has 0 aliphatic carbocycles. The number of aliphatic hydroxyl groups is 1. The summed E-state index contributed by atoms with van der Waals surface area (Å²) in [4.78, 5) is 4.29. The number of hydrogen-bond acceptors (Lipinski definition) is 2. The minimum atomic E-state index is -0.308. The Morgan fingerprint density at radius 3 is 2.40 bits per heavy atom. The molecule has 0 radical (unpaired) electrons. The van der Waals surface area contributed by atoms with Crippen LogP contribution in [0.1, 0.15) is 34.4 Å². The molecule has 2 aromatic rings. The second kappa shape index (κ2) is 6.67. The Kier molecular flexibility index (Phi) is 4.91. The molecule has 0 saturated heterocycles. The highest BCUT2D eigenvalue weighted by Gasteiger charge is 2.11. The molecule has 2 nitrogen and oxygen atoms in total. The van der Waals surface area contributed by atoms with E-state index in [0.717, 1.165) is 25.0 Å². The SMILES string of the molecule is Cc1cc(C)c(CC(O)CCc2ccccn2)c(C)c1. The second-order valence-corrected chi connectivity index (χ2v) is 5.59. The van der Waals surface area contributed by atoms with Gasteiger partial charge >= 0.3 is 0 Å². The predicted octanol–water partition coefficient (Wildman–Crippen LogP) is 3.54. The number of aryl methyl sites for hydroxylation is 4. The van der Waals surface area contributed by atoms with Gasteiger partial charge in [-0.05, 0) is 68.9 Å². The van der Waals surface area contributed by atoms with Crippen LogP contribution >= 0.6 is 0 Å². The average molecular weight is 269 g/mol. The Hall–Kier alpha value is -1.67. The fourth-order valence-corrected chi connectivity index (χ4v) is 2.73. The van der Waals surface area contributed by atoms with E-state index in [4.69, 9.17) is 0 Å². The minimum Gasteiger partial charge on any atom is -0.393 e. The van der Waals surface area contributed by atoms with Crippen LogP contribution in [0.25, 0.3) is 0 Å². The van der Waals surface area contributed by atoms with Crippen LogP contribution in [0, 0.1) is 20.8 Å². The first-order valence-corrected chi connectivity index (χ1v) is 7.21. The molecule has 1 unspecified atom stereocenters. The van der Waals surface area contributed by atoms with Crippen LogP contribution in [0.15, 0.2) is 36.5 Å². The highest BCUT2D eigenvalue weighted by Crippen LogP contribution is 2.19. The molecule has 1 aromatic heterocycles. The highest BCUT2D eigenvalue weighted by atomic mass is 16.3. The Labute approximate surface area is 121 Å². The fraction of sp³-hybridized carbons (Fsp3) is 0.389. The molecule has 0 aliphatic rings. The van der Waals surface area contributed by atoms with E-state index < -0.39 is 0 Å². The van der Waals surface area contributed by atoms with Crippen molar-refractivity contribution in [3.63, 3.8) is 0 Å². The van der Waals surface area contributed by atoms with Crippen molar-refractivity contribution in [2.24, 2.45) is 0 Å². The molecule has 1 heterocycles. The summed E-state index contributed by atoms with van der Waals surface area (Å²) in [5.41, 5.74) is 6.17. The van der Waals surface area contributed by atoms with E-state index in [-0.39, 0.29) is 6.10 Å². The maximum Gasteiger partial charge on any atom is 0.0584 e. The van der Waals surface area contributed by atoms with Gasteiger partial charge in [0.05, 0.1) is 6.10 Å². The largest absolute Gasteiger partial charge is 0.393 e. The minimum absolute atomic E-state index is 0.308. The van der Waals surface area contributed by atoms with Gasteiger partial charge in [0.1, 0.15) is 0 Å². The number of rotatable bonds is 5. The van der Waals surface area contributed by atoms with E-state index in [9.17, 15) is 5.11 Å². The molecule has 1 N–H and O–H groups in total. The normalized spacial score (nSPS) is 12.4. The molecule has 2 heteroatoms. The number of hydrogen-bond donors (Lipinski definition) is 1. The first kappa shape index (κ1) is 14.7. The molecule has 1 aromatic carbocycles. The summed E-state index contributed by atoms with van der Waals surface area (Å²) in [6, 6.07) is 10.3. The summed E-state index contributed by atoms with van der Waals surface area (Å²) in [5, 5.41) is 10.3. The third-order valence-corrected chi connectivity index (χ3v) is 3.74. The molecule has 0 fully saturated rings. The Bertz CT molecular complexity index is 540. The zero-order valence-corrected chi connectivity index (χ0v) is 12.6. The van der Waals surface area contributed by atoms with Crippen molar-refractivity contribution >= 4 is 0 Å². The second-order valence-electron chi connectivity index (χ2n) is 5.59. The summed E-state index contributed by atoms with van der Waals surface area (Å²) in [5.74, 6) is 0. The van der Waals surface area contributed by atoms with E-state index in [1.54, 1.807) is 6.20 Å². The number of nitrogens with zero attached hydrogens (tertiary/aromatic N) is 1. The van der Waals surface area contributed by atoms with Crippen molar-refractivity contribution < 1.29 is 5.11 Å². The first-order valence-electron chi connectivity index (χ1n) is 7.21. The molecule has 2 rings (SSSR count). The lowest BCUT2D eigenvalue weighted by Crippen LogP contribution is -2.14. The predicted molar refractivity (Wildman–Crippen MR) is 82.9 cm³/mol. The zero-order chi connectivity index (χ0) is 14.5. The monoisotopic (exact) mass is 269 g/mol. The van der Waals surface area contributed by atoms with Gasteiger partial charge in [0, 0.05) is 11.9 Å². The lowest BCUT2D eigenvalue weighted by molar-refractivity contribution is 0.164. The van der Waals surface area contributed by atoms with Gasteiger partial charge in [0.25, 0.3) is 0 Å². The summed E-state index contributed by atoms with van der Waals surface area (Å²) in [6.07, 6.45) is 3.80. The van der Waals surface area contributed by atoms with Crippen LogP contribution in [0.3, 0.4) is 0 Å². The third-order valence-electron chi connectivity index (χ3n) is 3.74. The van der Waals surface area contributed by atoms with E-state index in [2.05, 4.69) is 37.9 Å². The van der Waals surface area contributed by atoms with Gasteiger partial charge in [0.15, 0.2) is 0 Å². The van der Waals surface area contributed by atoms with Gasteiger partial charge in [-0.25, -0.2) is 0 Å². The molecule has 20 heavy (non-hydrogen) atoms. The van der Waals surface area contributed by atoms with Gasteiger partial charge in [-0.2, -0.15) is 0 Å². The van der Waals surface area contributed by atoms with Crippen molar-refractivity contribution in [3.05, 3.63) is 64.5 Å². The lowest BCUT2D eigenvalue weighted by atomic mass is 9.94. The van der Waals surface area contributed by atoms with E-state index in [1.807, 2.05) is 18.2 Å². The van der Waals surface area contributed by atoms with Crippen LogP contribution in [-0.2, 0) is 12.8 Å². The molecule has 0 aliphatic heterocycles. The molecular formula is C18H23NO. The number of aromatic nitrogens is 1. The average Bonchev–Trinajstić information content (AvgIpc) is 2.42. The summed E-state index contributed by atoms with van der Waals surface area (Å²) < 4.78 is 0. The van der Waals surface area contributed by atoms with Gasteiger partial charge in [-0.3, -0.25) is 4.98 Å². The smallest absolute Gasteiger partial charge is 0.0584 e. The molecule has 106 valence electrons. The van der Waals surface area contributed by atoms with Crippen LogP contribution in [0.5, 0.6) is 0 Å². The Morgan fingerprint density at radius 2 is 1.80 bits per heavy atom. The third kappa shape index (κ3) is 3.91. The van der Waals surface area contributed by atoms with Crippen molar-refractivity contribution in [1.29, 1.82) is 0 Å². The quantitative estimate of drug-likeness (QED) is 0.900. The molecular weight excluding hydrogens is 246 g/mol. The van der Waals surface area contributed by atoms with E-state index in [0.29, 0.717) is 0 Å². The number of aliphatic hydroxyl groups excluding tert-OH is 1. The van der Waals surface area contributed by atoms with Crippen LogP contribution < -0.4 is 0 Å². The maximum atomic E-state index is 10.3.